The van der Waals surface area contributed by atoms with E-state index in [0.29, 0.717) is 0 Å². The second kappa shape index (κ2) is 18.8. The van der Waals surface area contributed by atoms with Crippen LogP contribution in [0.2, 0.25) is 0 Å². The van der Waals surface area contributed by atoms with Gasteiger partial charge in [0, 0.05) is 12.6 Å². The molecule has 0 aliphatic carbocycles. The van der Waals surface area contributed by atoms with E-state index in [1.807, 2.05) is 0 Å². The van der Waals surface area contributed by atoms with Crippen molar-refractivity contribution in [3.8, 4) is 0 Å². The zero-order valence-electron chi connectivity index (χ0n) is 31.8. The minimum Gasteiger partial charge on any atom is -0.480 e. The van der Waals surface area contributed by atoms with Crippen molar-refractivity contribution >= 4 is 50.3 Å². The molecule has 5 rings (SSSR count). The van der Waals surface area contributed by atoms with Gasteiger partial charge in [0.1, 0.15) is 48.2 Å². The third-order valence-electron chi connectivity index (χ3n) is 9.02. The van der Waals surface area contributed by atoms with E-state index >= 15 is 0 Å². The Morgan fingerprint density at radius 3 is 2.35 bits per heavy atom. The number of carboxylic acid groups (broad SMARTS) is 1. The number of amides is 1. The number of carboxylic acids is 1. The van der Waals surface area contributed by atoms with E-state index in [1.54, 1.807) is 0 Å². The van der Waals surface area contributed by atoms with E-state index in [-0.39, 0.29) is 42.2 Å². The number of imidazole rings is 1. The average Bonchev–Trinajstić information content (AvgIpc) is 3.81. The molecule has 0 radical (unpaired) electrons. The molecule has 0 saturated carbocycles. The third kappa shape index (κ3) is 11.1. The summed E-state index contributed by atoms with van der Waals surface area (Å²) in [6.07, 6.45) is -8.27. The summed E-state index contributed by atoms with van der Waals surface area (Å²) in [5.74, 6) is -2.74. The zero-order chi connectivity index (χ0) is 44.3. The Hall–Kier alpha value is -4.31. The highest BCUT2D eigenvalue weighted by Crippen LogP contribution is 2.50. The number of aromatic nitrogens is 6. The van der Waals surface area contributed by atoms with Crippen LogP contribution >= 0.6 is 15.6 Å². The summed E-state index contributed by atoms with van der Waals surface area (Å²) in [5, 5.41) is 43.7. The Kier molecular flexibility index (Phi) is 14.6. The van der Waals surface area contributed by atoms with Gasteiger partial charge in [-0.3, -0.25) is 27.5 Å². The zero-order valence-corrected chi connectivity index (χ0v) is 33.6. The van der Waals surface area contributed by atoms with Crippen LogP contribution in [-0.4, -0.2) is 156 Å². The maximum Gasteiger partial charge on any atom is 0.472 e. The summed E-state index contributed by atoms with van der Waals surface area (Å²) < 4.78 is 59.3. The van der Waals surface area contributed by atoms with Crippen molar-refractivity contribution in [1.29, 1.82) is 0 Å². The highest BCUT2D eigenvalue weighted by Gasteiger charge is 2.54. The molecule has 2 aliphatic rings. The number of aliphatic hydroxyl groups is 3. The highest BCUT2D eigenvalue weighted by atomic mass is 31.2. The molecule has 1 amide bonds. The van der Waals surface area contributed by atoms with Crippen molar-refractivity contribution in [3.05, 3.63) is 48.1 Å². The van der Waals surface area contributed by atoms with Gasteiger partial charge >= 0.3 is 27.3 Å². The van der Waals surface area contributed by atoms with Gasteiger partial charge in [-0.2, -0.15) is 4.98 Å². The topological polar surface area (TPSA) is 399 Å². The van der Waals surface area contributed by atoms with Crippen LogP contribution in [0.3, 0.4) is 0 Å². The molecule has 332 valence electrons. The predicted molar refractivity (Wildman–Crippen MR) is 200 cm³/mol. The first-order chi connectivity index (χ1) is 28.0. The van der Waals surface area contributed by atoms with Gasteiger partial charge in [-0.15, -0.1) is 6.58 Å². The number of fused-ring (bicyclic) bond motifs is 1. The molecular weight excluding hydrogens is 848 g/mol. The lowest BCUT2D eigenvalue weighted by Gasteiger charge is -2.38. The van der Waals surface area contributed by atoms with E-state index in [4.69, 9.17) is 34.7 Å². The van der Waals surface area contributed by atoms with Gasteiger partial charge in [0.2, 0.25) is 5.91 Å². The summed E-state index contributed by atoms with van der Waals surface area (Å²) in [5.41, 5.74) is 9.10. The van der Waals surface area contributed by atoms with Gasteiger partial charge in [-0.1, -0.05) is 6.08 Å². The second-order valence-electron chi connectivity index (χ2n) is 14.2. The lowest BCUT2D eigenvalue weighted by Crippen LogP contribution is -2.59. The van der Waals surface area contributed by atoms with E-state index < -0.39 is 114 Å². The molecule has 29 heteroatoms. The van der Waals surface area contributed by atoms with Crippen LogP contribution in [0.4, 0.5) is 11.6 Å². The lowest BCUT2D eigenvalue weighted by molar-refractivity contribution is -0.160. The van der Waals surface area contributed by atoms with Crippen molar-refractivity contribution in [3.63, 3.8) is 0 Å². The molecule has 3 aromatic rings. The normalized spacial score (nSPS) is 26.2. The molecule has 5 heterocycles. The molecule has 2 saturated heterocycles. The Morgan fingerprint density at radius 2 is 1.72 bits per heavy atom. The maximum atomic E-state index is 13.9. The molecule has 0 spiro atoms. The second-order valence-corrected chi connectivity index (χ2v) is 16.8. The number of carbonyl (C=O) groups excluding carboxylic acids is 1. The van der Waals surface area contributed by atoms with Crippen molar-refractivity contribution in [1.82, 2.24) is 34.0 Å². The number of phosphoric acid groups is 2. The minimum atomic E-state index is -5.51. The fraction of sp³-hybridized carbons (Fsp3) is 0.581. The van der Waals surface area contributed by atoms with Crippen molar-refractivity contribution in [2.24, 2.45) is 0 Å². The Balaban J connectivity index is 1.49. The molecule has 27 nitrogen and oxygen atoms in total. The number of anilines is 2. The number of nitrogens with zero attached hydrogens (tertiary/aromatic N) is 7. The fourth-order valence-corrected chi connectivity index (χ4v) is 7.75. The number of aliphatic carboxylic acids is 1. The summed E-state index contributed by atoms with van der Waals surface area (Å²) in [6.45, 7) is 3.16. The number of carbonyl (C=O) groups is 2. The predicted octanol–water partition coefficient (Wildman–Crippen LogP) is -2.22. The quantitative estimate of drug-likeness (QED) is 0.0428. The molecule has 3 aromatic heterocycles. The van der Waals surface area contributed by atoms with Gasteiger partial charge in [0.15, 0.2) is 30.0 Å². The molecule has 60 heavy (non-hydrogen) atoms. The molecule has 11 N–H and O–H groups in total. The Bertz CT molecular complexity index is 2180. The number of ether oxygens (including phenoxy) is 3. The van der Waals surface area contributed by atoms with Crippen LogP contribution in [-0.2, 0) is 46.5 Å². The third-order valence-corrected chi connectivity index (χ3v) is 10.5. The molecule has 2 fully saturated rings. The van der Waals surface area contributed by atoms with E-state index in [1.165, 1.54) is 24.5 Å². The number of nitrogens with two attached hydrogens (primary N) is 2. The Labute approximate surface area is 338 Å². The first kappa shape index (κ1) is 46.8. The van der Waals surface area contributed by atoms with E-state index in [9.17, 15) is 58.6 Å². The maximum absolute atomic E-state index is 13.9. The average molecular weight is 894 g/mol. The summed E-state index contributed by atoms with van der Waals surface area (Å²) in [7, 11) is -10.7. The standard InChI is InChI=1S/C31H45N9O18P2/c1-4-5-6-19(41)40(15(29(44)45)9-53-12-31(2,3)47)21-16(56-27(22(21)42)39-14-36-20-25(33)34-13-35-26(20)39)10-55-60(51,52)58-24-17(11-54-59(48,49)50)57-28(23(24)43)38-8-7-18(32)37-30(38)46/h4,7-8,13-17,21-24,27-28,42-43,47H,1,5-6,9-12H2,2-3H3,(H,44,45)(H,51,52)(H2,32,37,46)(H2,33,34,35)(H2,48,49,50)/t15-,16?,17-,21?,22?,23-,24-,27?,28-/m1/s1. The largest absolute Gasteiger partial charge is 0.480 e. The highest BCUT2D eigenvalue weighted by molar-refractivity contribution is 7.47. The lowest BCUT2D eigenvalue weighted by atomic mass is 10.0. The fourth-order valence-electron chi connectivity index (χ4n) is 6.45. The summed E-state index contributed by atoms with van der Waals surface area (Å²) in [4.78, 5) is 85.4. The van der Waals surface area contributed by atoms with E-state index in [2.05, 4.69) is 31.0 Å². The number of aliphatic hydroxyl groups excluding tert-OH is 2. The van der Waals surface area contributed by atoms with Crippen LogP contribution in [0.5, 0.6) is 0 Å². The van der Waals surface area contributed by atoms with Gasteiger partial charge in [0.05, 0.1) is 44.4 Å². The SMILES string of the molecule is C=CCCC(=O)N(C1C(COP(=O)(O)O[C@H]2[C@@H](O)[C@H](n3ccc(N)nc3=O)O[C@@H]2COP(=O)(O)O)OC(n2cnc3c(N)ncnc32)C1O)[C@H](COCC(C)(C)O)C(=O)O. The van der Waals surface area contributed by atoms with Crippen LogP contribution in [0.15, 0.2) is 42.4 Å². The molecular formula is C31H45N9O18P2. The molecule has 10 atom stereocenters. The number of nitrogen functional groups attached to an aromatic ring is 2. The van der Waals surface area contributed by atoms with Gasteiger partial charge in [-0.25, -0.2) is 33.7 Å². The number of phosphoric ester groups is 2. The van der Waals surface area contributed by atoms with E-state index in [0.717, 1.165) is 34.4 Å². The first-order valence-corrected chi connectivity index (χ1v) is 20.8. The Morgan fingerprint density at radius 1 is 1.05 bits per heavy atom. The number of hydrogen-bond donors (Lipinski definition) is 9. The summed E-state index contributed by atoms with van der Waals surface area (Å²) >= 11 is 0. The molecule has 5 unspecified atom stereocenters. The summed E-state index contributed by atoms with van der Waals surface area (Å²) in [6, 6.07) is -2.44. The first-order valence-electron chi connectivity index (χ1n) is 17.8. The van der Waals surface area contributed by atoms with Crippen LogP contribution < -0.4 is 17.2 Å². The minimum absolute atomic E-state index is 0.0274. The number of rotatable bonds is 20. The van der Waals surface area contributed by atoms with Gasteiger partial charge < -0.3 is 65.7 Å². The smallest absolute Gasteiger partial charge is 0.472 e. The van der Waals surface area contributed by atoms with Gasteiger partial charge in [-0.05, 0) is 26.3 Å². The van der Waals surface area contributed by atoms with Crippen LogP contribution in [0, 0.1) is 0 Å². The number of hydrogen-bond acceptors (Lipinski definition) is 20. The molecule has 0 bridgehead atoms. The van der Waals surface area contributed by atoms with Crippen molar-refractivity contribution in [2.75, 3.05) is 37.9 Å². The van der Waals surface area contributed by atoms with Crippen molar-refractivity contribution in [2.45, 2.75) is 87.3 Å². The van der Waals surface area contributed by atoms with Gasteiger partial charge in [0.25, 0.3) is 0 Å². The number of allylic oxidation sites excluding steroid dienone is 1. The molecule has 2 aliphatic heterocycles. The van der Waals surface area contributed by atoms with Crippen LogP contribution in [0.25, 0.3) is 11.2 Å². The van der Waals surface area contributed by atoms with Crippen molar-refractivity contribution < 1.29 is 81.6 Å². The monoisotopic (exact) mass is 893 g/mol. The van der Waals surface area contributed by atoms with Crippen LogP contribution in [0.1, 0.15) is 39.1 Å². The molecule has 0 aromatic carbocycles.